The third-order valence-corrected chi connectivity index (χ3v) is 1.93. The SMILES string of the molecule is N#Cc1cc(C(F)(F)F)c(Cl)nc1C(F)F. The third-order valence-electron chi connectivity index (χ3n) is 1.64. The molecule has 0 N–H and O–H groups in total. The summed E-state index contributed by atoms with van der Waals surface area (Å²) in [5.41, 5.74) is -3.30. The summed E-state index contributed by atoms with van der Waals surface area (Å²) in [6, 6.07) is 1.48. The average Bonchev–Trinajstić information content (AvgIpc) is 2.15. The molecule has 0 aliphatic carbocycles. The summed E-state index contributed by atoms with van der Waals surface area (Å²) >= 11 is 5.11. The molecule has 0 unspecified atom stereocenters. The second-order valence-electron chi connectivity index (χ2n) is 2.67. The minimum Gasteiger partial charge on any atom is -0.233 e. The Morgan fingerprint density at radius 3 is 2.31 bits per heavy atom. The Balaban J connectivity index is 3.45. The predicted molar refractivity (Wildman–Crippen MR) is 43.9 cm³/mol. The smallest absolute Gasteiger partial charge is 0.233 e. The van der Waals surface area contributed by atoms with Crippen LogP contribution >= 0.6 is 11.6 Å². The Hall–Kier alpha value is -1.42. The molecule has 0 aliphatic heterocycles. The van der Waals surface area contributed by atoms with E-state index in [4.69, 9.17) is 16.9 Å². The maximum absolute atomic E-state index is 12.3. The molecule has 1 rings (SSSR count). The molecule has 0 aliphatic rings. The molecular weight excluding hydrogens is 255 g/mol. The zero-order valence-corrected chi connectivity index (χ0v) is 8.07. The number of alkyl halides is 5. The molecule has 1 aromatic rings. The van der Waals surface area contributed by atoms with Crippen LogP contribution < -0.4 is 0 Å². The van der Waals surface area contributed by atoms with E-state index in [-0.39, 0.29) is 6.07 Å². The standard InChI is InChI=1S/C8H2ClF5N2/c9-6-4(8(12,13)14)1-3(2-15)5(16-6)7(10)11/h1,7H. The van der Waals surface area contributed by atoms with Crippen LogP contribution in [0.3, 0.4) is 0 Å². The lowest BCUT2D eigenvalue weighted by Gasteiger charge is -2.10. The van der Waals surface area contributed by atoms with Crippen LogP contribution in [-0.4, -0.2) is 4.98 Å². The molecule has 0 saturated carbocycles. The molecule has 86 valence electrons. The molecule has 1 heterocycles. The van der Waals surface area contributed by atoms with E-state index in [0.29, 0.717) is 0 Å². The Morgan fingerprint density at radius 2 is 1.94 bits per heavy atom. The van der Waals surface area contributed by atoms with E-state index >= 15 is 0 Å². The minimum absolute atomic E-state index is 0.261. The molecule has 0 amide bonds. The molecule has 0 fully saturated rings. The first-order valence-corrected chi connectivity index (χ1v) is 4.11. The summed E-state index contributed by atoms with van der Waals surface area (Å²) in [4.78, 5) is 2.88. The lowest BCUT2D eigenvalue weighted by Crippen LogP contribution is -2.09. The molecule has 2 nitrogen and oxygen atoms in total. The van der Waals surface area contributed by atoms with Crippen LogP contribution in [0.5, 0.6) is 0 Å². The van der Waals surface area contributed by atoms with E-state index in [9.17, 15) is 22.0 Å². The van der Waals surface area contributed by atoms with Gasteiger partial charge in [-0.2, -0.15) is 18.4 Å². The van der Waals surface area contributed by atoms with Gasteiger partial charge >= 0.3 is 6.18 Å². The third kappa shape index (κ3) is 2.39. The van der Waals surface area contributed by atoms with Crippen molar-refractivity contribution in [2.75, 3.05) is 0 Å². The summed E-state index contributed by atoms with van der Waals surface area (Å²) in [5, 5.41) is 7.32. The van der Waals surface area contributed by atoms with Crippen molar-refractivity contribution in [3.05, 3.63) is 28.0 Å². The summed E-state index contributed by atoms with van der Waals surface area (Å²) < 4.78 is 61.4. The first-order valence-electron chi connectivity index (χ1n) is 3.73. The van der Waals surface area contributed by atoms with Crippen molar-refractivity contribution in [3.63, 3.8) is 0 Å². The zero-order valence-electron chi connectivity index (χ0n) is 7.32. The largest absolute Gasteiger partial charge is 0.419 e. The van der Waals surface area contributed by atoms with Crippen molar-refractivity contribution >= 4 is 11.6 Å². The lowest BCUT2D eigenvalue weighted by molar-refractivity contribution is -0.137. The van der Waals surface area contributed by atoms with Crippen LogP contribution in [-0.2, 0) is 6.18 Å². The van der Waals surface area contributed by atoms with Gasteiger partial charge in [0.1, 0.15) is 16.9 Å². The highest BCUT2D eigenvalue weighted by Gasteiger charge is 2.35. The molecule has 16 heavy (non-hydrogen) atoms. The van der Waals surface area contributed by atoms with Gasteiger partial charge in [-0.05, 0) is 6.07 Å². The fraction of sp³-hybridized carbons (Fsp3) is 0.250. The molecule has 0 atom stereocenters. The van der Waals surface area contributed by atoms with Gasteiger partial charge in [0.15, 0.2) is 0 Å². The molecular formula is C8H2ClF5N2. The molecule has 1 aromatic heterocycles. The van der Waals surface area contributed by atoms with Gasteiger partial charge in [-0.3, -0.25) is 0 Å². The number of nitrogens with zero attached hydrogens (tertiary/aromatic N) is 2. The van der Waals surface area contributed by atoms with Crippen LogP contribution in [0.2, 0.25) is 5.15 Å². The van der Waals surface area contributed by atoms with Crippen LogP contribution in [0.1, 0.15) is 23.2 Å². The maximum Gasteiger partial charge on any atom is 0.419 e. The van der Waals surface area contributed by atoms with Crippen molar-refractivity contribution in [1.29, 1.82) is 5.26 Å². The van der Waals surface area contributed by atoms with E-state index in [1.807, 2.05) is 0 Å². The van der Waals surface area contributed by atoms with Crippen molar-refractivity contribution in [2.45, 2.75) is 12.6 Å². The first kappa shape index (κ1) is 12.6. The zero-order chi connectivity index (χ0) is 12.5. The highest BCUT2D eigenvalue weighted by Crippen LogP contribution is 2.36. The van der Waals surface area contributed by atoms with E-state index in [1.54, 1.807) is 0 Å². The van der Waals surface area contributed by atoms with Gasteiger partial charge in [0, 0.05) is 0 Å². The van der Waals surface area contributed by atoms with Gasteiger partial charge in [-0.15, -0.1) is 0 Å². The van der Waals surface area contributed by atoms with E-state index in [2.05, 4.69) is 4.98 Å². The number of pyridine rings is 1. The summed E-state index contributed by atoms with van der Waals surface area (Å²) in [5.74, 6) is 0. The van der Waals surface area contributed by atoms with Crippen molar-refractivity contribution in [2.24, 2.45) is 0 Å². The molecule has 0 spiro atoms. The van der Waals surface area contributed by atoms with Gasteiger partial charge in [0.25, 0.3) is 6.43 Å². The van der Waals surface area contributed by atoms with Crippen LogP contribution in [0.15, 0.2) is 6.07 Å². The highest BCUT2D eigenvalue weighted by atomic mass is 35.5. The first-order chi connectivity index (χ1) is 7.27. The monoisotopic (exact) mass is 256 g/mol. The predicted octanol–water partition coefficient (Wildman–Crippen LogP) is 3.56. The molecule has 8 heteroatoms. The van der Waals surface area contributed by atoms with E-state index in [1.165, 1.54) is 6.07 Å². The quantitative estimate of drug-likeness (QED) is 0.569. The number of hydrogen-bond acceptors (Lipinski definition) is 2. The molecule has 0 saturated heterocycles. The van der Waals surface area contributed by atoms with Gasteiger partial charge < -0.3 is 0 Å². The van der Waals surface area contributed by atoms with E-state index < -0.39 is 34.6 Å². The topological polar surface area (TPSA) is 36.7 Å². The summed E-state index contributed by atoms with van der Waals surface area (Å²) in [6.45, 7) is 0. The Kier molecular flexibility index (Phi) is 3.33. The lowest BCUT2D eigenvalue weighted by atomic mass is 10.1. The van der Waals surface area contributed by atoms with Gasteiger partial charge in [-0.25, -0.2) is 13.8 Å². The molecule has 0 bridgehead atoms. The number of halogens is 6. The van der Waals surface area contributed by atoms with Crippen molar-refractivity contribution in [3.8, 4) is 6.07 Å². The van der Waals surface area contributed by atoms with Crippen LogP contribution in [0.25, 0.3) is 0 Å². The Morgan fingerprint density at radius 1 is 1.38 bits per heavy atom. The summed E-state index contributed by atoms with van der Waals surface area (Å²) in [7, 11) is 0. The number of nitriles is 1. The normalized spacial score (nSPS) is 11.6. The second kappa shape index (κ2) is 4.22. The number of hydrogen-bond donors (Lipinski definition) is 0. The Labute approximate surface area is 91.3 Å². The van der Waals surface area contributed by atoms with Crippen molar-refractivity contribution < 1.29 is 22.0 Å². The van der Waals surface area contributed by atoms with Gasteiger partial charge in [0.2, 0.25) is 0 Å². The Bertz CT molecular complexity index is 449. The van der Waals surface area contributed by atoms with Crippen LogP contribution in [0, 0.1) is 11.3 Å². The van der Waals surface area contributed by atoms with Gasteiger partial charge in [-0.1, -0.05) is 11.6 Å². The van der Waals surface area contributed by atoms with E-state index in [0.717, 1.165) is 0 Å². The highest BCUT2D eigenvalue weighted by molar-refractivity contribution is 6.30. The second-order valence-corrected chi connectivity index (χ2v) is 3.03. The average molecular weight is 257 g/mol. The number of rotatable bonds is 1. The molecule has 0 radical (unpaired) electrons. The summed E-state index contributed by atoms with van der Waals surface area (Å²) in [6.07, 6.45) is -7.99. The maximum atomic E-state index is 12.3. The fourth-order valence-corrected chi connectivity index (χ4v) is 1.21. The number of aromatic nitrogens is 1. The van der Waals surface area contributed by atoms with Crippen molar-refractivity contribution in [1.82, 2.24) is 4.98 Å². The minimum atomic E-state index is -4.84. The fourth-order valence-electron chi connectivity index (χ4n) is 0.959. The van der Waals surface area contributed by atoms with Gasteiger partial charge in [0.05, 0.1) is 11.1 Å². The molecule has 0 aromatic carbocycles. The van der Waals surface area contributed by atoms with Crippen LogP contribution in [0.4, 0.5) is 22.0 Å².